The third kappa shape index (κ3) is 2.50. The van der Waals surface area contributed by atoms with E-state index in [2.05, 4.69) is 39.8 Å². The highest BCUT2D eigenvalue weighted by molar-refractivity contribution is 5.52. The molecule has 23 heavy (non-hydrogen) atoms. The fourth-order valence-corrected chi connectivity index (χ4v) is 5.40. The largest absolute Gasteiger partial charge is 0.496 e. The Balaban J connectivity index is 2.08. The van der Waals surface area contributed by atoms with Crippen LogP contribution in [0.2, 0.25) is 0 Å². The molecule has 2 aliphatic carbocycles. The Kier molecular flexibility index (Phi) is 4.48. The first-order chi connectivity index (χ1) is 10.9. The lowest BCUT2D eigenvalue weighted by Crippen LogP contribution is -2.48. The standard InChI is InChI=1S/C21H32O2/c1-13(2)15-7-10-18-16(20(15)23-6)8-9-17-14(3)19(22-5)11-12-21(17,18)4/h7,10,13-14,17,19H,8-9,11-12H2,1-6H3/t14-,17?,19?,21-/m0/s1. The Bertz CT molecular complexity index is 577. The van der Waals surface area contributed by atoms with E-state index in [1.54, 1.807) is 0 Å². The van der Waals surface area contributed by atoms with Gasteiger partial charge in [-0.1, -0.05) is 39.8 Å². The van der Waals surface area contributed by atoms with Gasteiger partial charge in [0.05, 0.1) is 13.2 Å². The van der Waals surface area contributed by atoms with Gasteiger partial charge in [-0.3, -0.25) is 0 Å². The van der Waals surface area contributed by atoms with Crippen molar-refractivity contribution in [1.29, 1.82) is 0 Å². The van der Waals surface area contributed by atoms with Gasteiger partial charge >= 0.3 is 0 Å². The van der Waals surface area contributed by atoms with Crippen LogP contribution in [0.5, 0.6) is 5.75 Å². The number of benzene rings is 1. The minimum absolute atomic E-state index is 0.269. The number of methoxy groups -OCH3 is 2. The molecule has 128 valence electrons. The molecule has 2 heteroatoms. The molecule has 0 aromatic heterocycles. The molecule has 3 rings (SSSR count). The first kappa shape index (κ1) is 16.8. The average molecular weight is 316 g/mol. The molecule has 0 amide bonds. The highest BCUT2D eigenvalue weighted by Crippen LogP contribution is 2.54. The average Bonchev–Trinajstić information content (AvgIpc) is 2.53. The van der Waals surface area contributed by atoms with Crippen LogP contribution in [-0.2, 0) is 16.6 Å². The minimum Gasteiger partial charge on any atom is -0.496 e. The Morgan fingerprint density at radius 2 is 1.91 bits per heavy atom. The van der Waals surface area contributed by atoms with Crippen molar-refractivity contribution in [2.75, 3.05) is 14.2 Å². The van der Waals surface area contributed by atoms with Crippen molar-refractivity contribution >= 4 is 0 Å². The monoisotopic (exact) mass is 316 g/mol. The van der Waals surface area contributed by atoms with Gasteiger partial charge in [-0.15, -0.1) is 0 Å². The highest BCUT2D eigenvalue weighted by atomic mass is 16.5. The molecule has 2 aliphatic rings. The second kappa shape index (κ2) is 6.12. The molecular formula is C21H32O2. The van der Waals surface area contributed by atoms with Gasteiger partial charge in [0.1, 0.15) is 5.75 Å². The molecular weight excluding hydrogens is 284 g/mol. The molecule has 0 spiro atoms. The van der Waals surface area contributed by atoms with E-state index in [0.717, 1.165) is 12.2 Å². The van der Waals surface area contributed by atoms with Crippen LogP contribution >= 0.6 is 0 Å². The van der Waals surface area contributed by atoms with Crippen molar-refractivity contribution in [3.8, 4) is 5.75 Å². The summed E-state index contributed by atoms with van der Waals surface area (Å²) in [5, 5.41) is 0. The molecule has 2 nitrogen and oxygen atoms in total. The van der Waals surface area contributed by atoms with Gasteiger partial charge in [0.25, 0.3) is 0 Å². The first-order valence-corrected chi connectivity index (χ1v) is 9.17. The normalized spacial score (nSPS) is 33.3. The van der Waals surface area contributed by atoms with E-state index in [4.69, 9.17) is 9.47 Å². The maximum Gasteiger partial charge on any atom is 0.125 e. The summed E-state index contributed by atoms with van der Waals surface area (Å²) in [6, 6.07) is 4.71. The van der Waals surface area contributed by atoms with E-state index in [1.807, 2.05) is 14.2 Å². The Labute approximate surface area is 141 Å². The third-order valence-corrected chi connectivity index (χ3v) is 6.73. The number of fused-ring (bicyclic) bond motifs is 3. The summed E-state index contributed by atoms with van der Waals surface area (Å²) >= 11 is 0. The van der Waals surface area contributed by atoms with Crippen LogP contribution in [-0.4, -0.2) is 20.3 Å². The second-order valence-corrected chi connectivity index (χ2v) is 8.10. The van der Waals surface area contributed by atoms with Crippen LogP contribution in [0.25, 0.3) is 0 Å². The van der Waals surface area contributed by atoms with Gasteiger partial charge in [-0.2, -0.15) is 0 Å². The maximum atomic E-state index is 5.87. The summed E-state index contributed by atoms with van der Waals surface area (Å²) in [4.78, 5) is 0. The van der Waals surface area contributed by atoms with Gasteiger partial charge in [0.2, 0.25) is 0 Å². The third-order valence-electron chi connectivity index (χ3n) is 6.73. The Morgan fingerprint density at radius 1 is 1.17 bits per heavy atom. The predicted octanol–water partition coefficient (Wildman–Crippen LogP) is 5.08. The second-order valence-electron chi connectivity index (χ2n) is 8.10. The first-order valence-electron chi connectivity index (χ1n) is 9.17. The van der Waals surface area contributed by atoms with E-state index >= 15 is 0 Å². The van der Waals surface area contributed by atoms with E-state index in [1.165, 1.54) is 36.0 Å². The molecule has 1 aromatic carbocycles. The number of ether oxygens (including phenoxy) is 2. The van der Waals surface area contributed by atoms with Crippen LogP contribution in [0.4, 0.5) is 0 Å². The molecule has 0 radical (unpaired) electrons. The maximum absolute atomic E-state index is 5.87. The van der Waals surface area contributed by atoms with Crippen molar-refractivity contribution in [2.24, 2.45) is 11.8 Å². The fraction of sp³-hybridized carbons (Fsp3) is 0.714. The minimum atomic E-state index is 0.269. The van der Waals surface area contributed by atoms with Crippen molar-refractivity contribution in [1.82, 2.24) is 0 Å². The smallest absolute Gasteiger partial charge is 0.125 e. The van der Waals surface area contributed by atoms with Gasteiger partial charge in [0.15, 0.2) is 0 Å². The van der Waals surface area contributed by atoms with Crippen LogP contribution in [0.1, 0.15) is 69.6 Å². The Hall–Kier alpha value is -1.02. The van der Waals surface area contributed by atoms with E-state index < -0.39 is 0 Å². The zero-order chi connectivity index (χ0) is 16.8. The number of rotatable bonds is 3. The molecule has 0 heterocycles. The molecule has 0 N–H and O–H groups in total. The summed E-state index contributed by atoms with van der Waals surface area (Å²) in [7, 11) is 3.71. The van der Waals surface area contributed by atoms with Crippen LogP contribution in [0.15, 0.2) is 12.1 Å². The van der Waals surface area contributed by atoms with Crippen LogP contribution < -0.4 is 4.74 Å². The Morgan fingerprint density at radius 3 is 2.52 bits per heavy atom. The van der Waals surface area contributed by atoms with E-state index in [0.29, 0.717) is 23.9 Å². The van der Waals surface area contributed by atoms with Crippen molar-refractivity contribution in [2.45, 2.75) is 70.8 Å². The van der Waals surface area contributed by atoms with E-state index in [9.17, 15) is 0 Å². The van der Waals surface area contributed by atoms with Crippen molar-refractivity contribution in [3.63, 3.8) is 0 Å². The summed E-state index contributed by atoms with van der Waals surface area (Å²) in [6.07, 6.45) is 5.20. The summed E-state index contributed by atoms with van der Waals surface area (Å²) in [5.74, 6) is 2.99. The lowest BCUT2D eigenvalue weighted by Gasteiger charge is -2.52. The van der Waals surface area contributed by atoms with Gasteiger partial charge in [0, 0.05) is 7.11 Å². The molecule has 0 aliphatic heterocycles. The van der Waals surface area contributed by atoms with Crippen LogP contribution in [0.3, 0.4) is 0 Å². The lowest BCUT2D eigenvalue weighted by atomic mass is 9.54. The highest BCUT2D eigenvalue weighted by Gasteiger charge is 2.48. The molecule has 0 saturated heterocycles. The van der Waals surface area contributed by atoms with Crippen molar-refractivity contribution in [3.05, 3.63) is 28.8 Å². The van der Waals surface area contributed by atoms with Gasteiger partial charge in [-0.25, -0.2) is 0 Å². The topological polar surface area (TPSA) is 18.5 Å². The molecule has 1 aromatic rings. The van der Waals surface area contributed by atoms with Gasteiger partial charge in [-0.05, 0) is 65.5 Å². The quantitative estimate of drug-likeness (QED) is 0.774. The summed E-state index contributed by atoms with van der Waals surface area (Å²) < 4.78 is 11.6. The fourth-order valence-electron chi connectivity index (χ4n) is 5.40. The number of hydrogen-bond donors (Lipinski definition) is 0. The molecule has 1 fully saturated rings. The lowest BCUT2D eigenvalue weighted by molar-refractivity contribution is -0.0341. The van der Waals surface area contributed by atoms with Gasteiger partial charge < -0.3 is 9.47 Å². The zero-order valence-electron chi connectivity index (χ0n) is 15.6. The van der Waals surface area contributed by atoms with Crippen LogP contribution in [0, 0.1) is 11.8 Å². The molecule has 0 bridgehead atoms. The summed E-state index contributed by atoms with van der Waals surface area (Å²) in [5.41, 5.74) is 4.63. The predicted molar refractivity (Wildman–Crippen MR) is 95.4 cm³/mol. The molecule has 4 atom stereocenters. The van der Waals surface area contributed by atoms with E-state index in [-0.39, 0.29) is 5.41 Å². The summed E-state index contributed by atoms with van der Waals surface area (Å²) in [6.45, 7) is 9.38. The molecule has 2 unspecified atom stereocenters. The molecule has 1 saturated carbocycles. The number of hydrogen-bond acceptors (Lipinski definition) is 2. The SMILES string of the molecule is COc1c(C(C)C)ccc2c1CCC1[C@H](C)C(OC)CC[C@]21C. The van der Waals surface area contributed by atoms with Crippen molar-refractivity contribution < 1.29 is 9.47 Å². The zero-order valence-corrected chi connectivity index (χ0v) is 15.6.